The van der Waals surface area contributed by atoms with E-state index in [9.17, 15) is 13.6 Å². The summed E-state index contributed by atoms with van der Waals surface area (Å²) in [6, 6.07) is 10.9. The van der Waals surface area contributed by atoms with E-state index in [1.54, 1.807) is 36.4 Å². The van der Waals surface area contributed by atoms with Gasteiger partial charge in [0.25, 0.3) is 0 Å². The predicted molar refractivity (Wildman–Crippen MR) is 126 cm³/mol. The van der Waals surface area contributed by atoms with Crippen LogP contribution < -0.4 is 20.1 Å². The fourth-order valence-corrected chi connectivity index (χ4v) is 3.91. The van der Waals surface area contributed by atoms with E-state index >= 15 is 0 Å². The molecular weight excluding hydrogens is 486 g/mol. The summed E-state index contributed by atoms with van der Waals surface area (Å²) in [5.74, 6) is -1.94. The molecule has 1 fully saturated rings. The SMILES string of the molecule is [C-]#[N+]c1ccc(Oc2ccc(-c3nnc(N[C@@H]4C(=O)NC[C@H]4c4c(F)cc(OC)cc4F)o3)cc2)nc1. The summed E-state index contributed by atoms with van der Waals surface area (Å²) in [6.45, 7) is 6.98. The highest BCUT2D eigenvalue weighted by atomic mass is 19.1. The Morgan fingerprint density at radius 2 is 1.86 bits per heavy atom. The number of methoxy groups -OCH3 is 1. The van der Waals surface area contributed by atoms with Gasteiger partial charge in [0.15, 0.2) is 0 Å². The van der Waals surface area contributed by atoms with Crippen molar-refractivity contribution in [3.05, 3.63) is 83.3 Å². The second-order valence-electron chi connectivity index (χ2n) is 7.98. The van der Waals surface area contributed by atoms with E-state index < -0.39 is 29.5 Å². The zero-order valence-electron chi connectivity index (χ0n) is 19.2. The molecule has 1 aliphatic heterocycles. The number of aromatic nitrogens is 3. The molecule has 0 bridgehead atoms. The molecule has 1 amide bonds. The van der Waals surface area contributed by atoms with Crippen molar-refractivity contribution in [2.45, 2.75) is 12.0 Å². The number of hydrogen-bond acceptors (Lipinski definition) is 8. The van der Waals surface area contributed by atoms with Gasteiger partial charge >= 0.3 is 6.01 Å². The first-order valence-corrected chi connectivity index (χ1v) is 11.0. The second kappa shape index (κ2) is 9.90. The average molecular weight is 504 g/mol. The quantitative estimate of drug-likeness (QED) is 0.355. The van der Waals surface area contributed by atoms with E-state index in [1.807, 2.05) is 0 Å². The van der Waals surface area contributed by atoms with Gasteiger partial charge in [0, 0.05) is 41.9 Å². The fourth-order valence-electron chi connectivity index (χ4n) is 3.91. The molecule has 12 heteroatoms. The monoisotopic (exact) mass is 504 g/mol. The summed E-state index contributed by atoms with van der Waals surface area (Å²) < 4.78 is 45.5. The maximum absolute atomic E-state index is 14.7. The maximum atomic E-state index is 14.7. The van der Waals surface area contributed by atoms with Crippen LogP contribution in [0.2, 0.25) is 0 Å². The number of rotatable bonds is 7. The summed E-state index contributed by atoms with van der Waals surface area (Å²) in [5, 5.41) is 13.3. The van der Waals surface area contributed by atoms with Crippen LogP contribution in [0.15, 0.2) is 59.1 Å². The Hall–Kier alpha value is -5.05. The van der Waals surface area contributed by atoms with Gasteiger partial charge in [0.2, 0.25) is 23.4 Å². The van der Waals surface area contributed by atoms with Crippen LogP contribution in [0.5, 0.6) is 17.4 Å². The zero-order chi connectivity index (χ0) is 25.9. The van der Waals surface area contributed by atoms with E-state index in [-0.39, 0.29) is 29.8 Å². The number of amides is 1. The minimum atomic E-state index is -1.04. The molecule has 0 radical (unpaired) electrons. The smallest absolute Gasteiger partial charge is 0.316 e. The number of nitrogens with one attached hydrogen (secondary N) is 2. The Balaban J connectivity index is 1.30. The Morgan fingerprint density at radius 3 is 2.51 bits per heavy atom. The maximum Gasteiger partial charge on any atom is 0.316 e. The largest absolute Gasteiger partial charge is 0.497 e. The molecule has 5 rings (SSSR count). The van der Waals surface area contributed by atoms with Gasteiger partial charge in [-0.25, -0.2) is 18.6 Å². The van der Waals surface area contributed by atoms with Crippen molar-refractivity contribution in [2.24, 2.45) is 0 Å². The lowest BCUT2D eigenvalue weighted by Crippen LogP contribution is -2.33. The molecule has 0 spiro atoms. The van der Waals surface area contributed by atoms with Crippen LogP contribution >= 0.6 is 0 Å². The van der Waals surface area contributed by atoms with Crippen LogP contribution in [0.4, 0.5) is 20.5 Å². The van der Waals surface area contributed by atoms with E-state index in [0.717, 1.165) is 12.1 Å². The van der Waals surface area contributed by atoms with Crippen molar-refractivity contribution >= 4 is 17.6 Å². The lowest BCUT2D eigenvalue weighted by atomic mass is 9.93. The number of halogens is 2. The zero-order valence-corrected chi connectivity index (χ0v) is 19.2. The third kappa shape index (κ3) is 4.87. The Labute approximate surface area is 209 Å². The molecule has 3 heterocycles. The molecule has 4 aromatic rings. The van der Waals surface area contributed by atoms with Crippen molar-refractivity contribution in [1.82, 2.24) is 20.5 Å². The molecular formula is C25H18F2N6O4. The predicted octanol–water partition coefficient (Wildman–Crippen LogP) is 4.46. The van der Waals surface area contributed by atoms with Crippen molar-refractivity contribution in [1.29, 1.82) is 0 Å². The fraction of sp³-hybridized carbons (Fsp3) is 0.160. The van der Waals surface area contributed by atoms with Gasteiger partial charge in [-0.1, -0.05) is 5.10 Å². The normalized spacial score (nSPS) is 16.6. The van der Waals surface area contributed by atoms with E-state index in [2.05, 4.69) is 30.7 Å². The van der Waals surface area contributed by atoms with Crippen molar-refractivity contribution in [2.75, 3.05) is 19.0 Å². The van der Waals surface area contributed by atoms with E-state index in [0.29, 0.717) is 22.9 Å². The van der Waals surface area contributed by atoms with Crippen molar-refractivity contribution in [3.8, 4) is 28.8 Å². The lowest BCUT2D eigenvalue weighted by Gasteiger charge is -2.19. The van der Waals surface area contributed by atoms with Crippen LogP contribution in [0.3, 0.4) is 0 Å². The highest BCUT2D eigenvalue weighted by Crippen LogP contribution is 2.33. The number of ether oxygens (including phenoxy) is 2. The van der Waals surface area contributed by atoms with Gasteiger partial charge in [0.05, 0.1) is 13.7 Å². The molecule has 0 aliphatic carbocycles. The Kier molecular flexibility index (Phi) is 6.34. The molecule has 0 unspecified atom stereocenters. The summed E-state index contributed by atoms with van der Waals surface area (Å²) >= 11 is 0. The molecule has 1 aliphatic rings. The first-order chi connectivity index (χ1) is 17.9. The van der Waals surface area contributed by atoms with E-state index in [4.69, 9.17) is 20.5 Å². The van der Waals surface area contributed by atoms with Gasteiger partial charge in [-0.05, 0) is 36.4 Å². The molecule has 2 N–H and O–H groups in total. The molecule has 37 heavy (non-hydrogen) atoms. The topological polar surface area (TPSA) is 116 Å². The van der Waals surface area contributed by atoms with Crippen LogP contribution in [0.1, 0.15) is 11.5 Å². The molecule has 2 aromatic heterocycles. The highest BCUT2D eigenvalue weighted by molar-refractivity contribution is 5.88. The average Bonchev–Trinajstić information content (AvgIpc) is 3.52. The number of nitrogens with zero attached hydrogens (tertiary/aromatic N) is 4. The first kappa shape index (κ1) is 23.7. The third-order valence-corrected chi connectivity index (χ3v) is 5.72. The minimum Gasteiger partial charge on any atom is -0.497 e. The van der Waals surface area contributed by atoms with Gasteiger partial charge in [-0.3, -0.25) is 4.79 Å². The van der Waals surface area contributed by atoms with Crippen LogP contribution in [0, 0.1) is 18.2 Å². The molecule has 2 atom stereocenters. The van der Waals surface area contributed by atoms with Gasteiger partial charge in [0.1, 0.15) is 29.2 Å². The standard InChI is InChI=1S/C25H18F2N6O4/c1-28-14-5-8-20(29-11-14)36-15-6-3-13(4-7-15)24-32-33-25(37-24)31-22-17(12-30-23(22)34)21-18(26)9-16(35-2)10-19(21)27/h3-11,17,22H,12H2,2H3,(H,30,34)(H,31,33)/t17-,22-/m0/s1. The highest BCUT2D eigenvalue weighted by Gasteiger charge is 2.40. The third-order valence-electron chi connectivity index (χ3n) is 5.72. The van der Waals surface area contributed by atoms with Crippen molar-refractivity contribution < 1.29 is 27.5 Å². The van der Waals surface area contributed by atoms with Crippen LogP contribution in [0.25, 0.3) is 16.3 Å². The van der Waals surface area contributed by atoms with E-state index in [1.165, 1.54) is 13.3 Å². The van der Waals surface area contributed by atoms with Gasteiger partial charge in [-0.15, -0.1) is 5.10 Å². The number of anilines is 1. The molecule has 2 aromatic carbocycles. The molecule has 0 saturated carbocycles. The summed E-state index contributed by atoms with van der Waals surface area (Å²) in [5.41, 5.74) is 0.734. The van der Waals surface area contributed by atoms with Crippen LogP contribution in [-0.2, 0) is 4.79 Å². The van der Waals surface area contributed by atoms with Gasteiger partial charge < -0.3 is 24.5 Å². The second-order valence-corrected chi connectivity index (χ2v) is 7.98. The minimum absolute atomic E-state index is 0.0224. The number of benzene rings is 2. The number of carbonyl (C=O) groups excluding carboxylic acids is 1. The van der Waals surface area contributed by atoms with Crippen molar-refractivity contribution in [3.63, 3.8) is 0 Å². The Morgan fingerprint density at radius 1 is 1.11 bits per heavy atom. The molecule has 1 saturated heterocycles. The summed E-state index contributed by atoms with van der Waals surface area (Å²) in [7, 11) is 1.31. The lowest BCUT2D eigenvalue weighted by molar-refractivity contribution is -0.119. The first-order valence-electron chi connectivity index (χ1n) is 11.0. The summed E-state index contributed by atoms with van der Waals surface area (Å²) in [4.78, 5) is 19.8. The number of pyridine rings is 1. The molecule has 186 valence electrons. The number of carbonyl (C=O) groups is 1. The van der Waals surface area contributed by atoms with Gasteiger partial charge in [-0.2, -0.15) is 0 Å². The Bertz CT molecular complexity index is 1460. The summed E-state index contributed by atoms with van der Waals surface area (Å²) in [6.07, 6.45) is 1.41. The number of hydrogen-bond donors (Lipinski definition) is 2. The molecule has 10 nitrogen and oxygen atoms in total. The van der Waals surface area contributed by atoms with Crippen LogP contribution in [-0.4, -0.2) is 40.8 Å².